The Bertz CT molecular complexity index is 1390. The molecular weight excluding hydrogens is 512 g/mol. The van der Waals surface area contributed by atoms with E-state index in [1.807, 2.05) is 0 Å². The quantitative estimate of drug-likeness (QED) is 0.229. The minimum Gasteiger partial charge on any atom is -0.513 e. The number of aryl methyl sites for hydroxylation is 1. The number of nitrogens with one attached hydrogen (secondary N) is 1. The lowest BCUT2D eigenvalue weighted by molar-refractivity contribution is -0.178. The van der Waals surface area contributed by atoms with Crippen molar-refractivity contribution in [3.8, 4) is 0 Å². The molecule has 5 nitrogen and oxygen atoms in total. The standard InChI is InChI=1S/C30H28F4N2O3/c1-18(37)9-10-20-5-3-6-23(15-20)35-28(38)27(19(2)30(32,33)34)22-13-11-21(12-14-22)16-36-17-25-24(29(36)39)7-4-8-26(25)31/h3-8,11-15,19,27,37H,1,9-10,16-17H2,2H3,(H,35,38)/t19-,27+/m1/s1. The van der Waals surface area contributed by atoms with Crippen LogP contribution in [0.15, 0.2) is 79.1 Å². The van der Waals surface area contributed by atoms with Crippen LogP contribution < -0.4 is 5.32 Å². The Labute approximate surface area is 223 Å². The van der Waals surface area contributed by atoms with Crippen LogP contribution in [-0.4, -0.2) is 28.0 Å². The molecule has 0 aliphatic carbocycles. The Balaban J connectivity index is 1.52. The zero-order chi connectivity index (χ0) is 28.3. The van der Waals surface area contributed by atoms with Crippen molar-refractivity contribution in [2.75, 3.05) is 5.32 Å². The van der Waals surface area contributed by atoms with Crippen LogP contribution in [0.4, 0.5) is 23.2 Å². The molecule has 3 aromatic carbocycles. The first kappa shape index (κ1) is 27.9. The molecule has 0 saturated heterocycles. The van der Waals surface area contributed by atoms with Crippen molar-refractivity contribution in [2.24, 2.45) is 5.92 Å². The maximum Gasteiger partial charge on any atom is 0.392 e. The number of allylic oxidation sites excluding steroid dienone is 1. The number of aliphatic hydroxyl groups is 1. The number of anilines is 1. The average molecular weight is 541 g/mol. The molecule has 0 unspecified atom stereocenters. The van der Waals surface area contributed by atoms with Gasteiger partial charge in [-0.1, -0.05) is 56.0 Å². The van der Waals surface area contributed by atoms with Crippen LogP contribution in [0, 0.1) is 11.7 Å². The van der Waals surface area contributed by atoms with Crippen LogP contribution in [0.1, 0.15) is 51.9 Å². The van der Waals surface area contributed by atoms with E-state index in [-0.39, 0.29) is 30.3 Å². The number of hydrogen-bond donors (Lipinski definition) is 2. The molecule has 2 amide bonds. The SMILES string of the molecule is C=C(O)CCc1cccc(NC(=O)[C@H](c2ccc(CN3Cc4c(F)cccc4C3=O)cc2)[C@@H](C)C(F)(F)F)c1. The van der Waals surface area contributed by atoms with Crippen molar-refractivity contribution in [1.82, 2.24) is 4.90 Å². The van der Waals surface area contributed by atoms with Gasteiger partial charge in [-0.3, -0.25) is 9.59 Å². The van der Waals surface area contributed by atoms with Crippen LogP contribution in [0.25, 0.3) is 0 Å². The zero-order valence-corrected chi connectivity index (χ0v) is 21.3. The van der Waals surface area contributed by atoms with Gasteiger partial charge in [0.15, 0.2) is 0 Å². The molecular formula is C30H28F4N2O3. The molecule has 1 aliphatic heterocycles. The van der Waals surface area contributed by atoms with Gasteiger partial charge in [-0.05, 0) is 47.4 Å². The van der Waals surface area contributed by atoms with Crippen LogP contribution >= 0.6 is 0 Å². The summed E-state index contributed by atoms with van der Waals surface area (Å²) in [5, 5.41) is 11.9. The number of halogens is 4. The van der Waals surface area contributed by atoms with Gasteiger partial charge in [0.1, 0.15) is 5.82 Å². The van der Waals surface area contributed by atoms with E-state index in [2.05, 4.69) is 11.9 Å². The van der Waals surface area contributed by atoms with E-state index in [1.165, 1.54) is 29.2 Å². The molecule has 1 heterocycles. The molecule has 0 radical (unpaired) electrons. The predicted octanol–water partition coefficient (Wildman–Crippen LogP) is 6.91. The first-order chi connectivity index (χ1) is 18.4. The number of hydrogen-bond acceptors (Lipinski definition) is 3. The predicted molar refractivity (Wildman–Crippen MR) is 140 cm³/mol. The van der Waals surface area contributed by atoms with Crippen LogP contribution in [0.2, 0.25) is 0 Å². The monoisotopic (exact) mass is 540 g/mol. The summed E-state index contributed by atoms with van der Waals surface area (Å²) in [5.41, 5.74) is 2.56. The van der Waals surface area contributed by atoms with Crippen molar-refractivity contribution in [2.45, 2.75) is 44.9 Å². The highest BCUT2D eigenvalue weighted by Gasteiger charge is 2.45. The second kappa shape index (κ2) is 11.3. The highest BCUT2D eigenvalue weighted by molar-refractivity contribution is 5.98. The summed E-state index contributed by atoms with van der Waals surface area (Å²) in [7, 11) is 0. The van der Waals surface area contributed by atoms with E-state index in [1.54, 1.807) is 42.5 Å². The molecule has 9 heteroatoms. The van der Waals surface area contributed by atoms with Crippen molar-refractivity contribution in [3.63, 3.8) is 0 Å². The largest absolute Gasteiger partial charge is 0.513 e. The van der Waals surface area contributed by atoms with Crippen molar-refractivity contribution >= 4 is 17.5 Å². The van der Waals surface area contributed by atoms with Gasteiger partial charge in [0, 0.05) is 29.8 Å². The summed E-state index contributed by atoms with van der Waals surface area (Å²) in [5.74, 6) is -5.07. The summed E-state index contributed by atoms with van der Waals surface area (Å²) < 4.78 is 55.5. The van der Waals surface area contributed by atoms with E-state index in [4.69, 9.17) is 0 Å². The smallest absolute Gasteiger partial charge is 0.392 e. The normalized spacial score (nSPS) is 14.6. The Kier molecular flexibility index (Phi) is 8.09. The van der Waals surface area contributed by atoms with Gasteiger partial charge >= 0.3 is 6.18 Å². The van der Waals surface area contributed by atoms with Crippen molar-refractivity contribution < 1.29 is 32.3 Å². The molecule has 1 aliphatic rings. The second-order valence-corrected chi connectivity index (χ2v) is 9.73. The number of benzene rings is 3. The summed E-state index contributed by atoms with van der Waals surface area (Å²) in [6.45, 7) is 4.65. The van der Waals surface area contributed by atoms with Gasteiger partial charge in [0.25, 0.3) is 5.91 Å². The maximum absolute atomic E-state index is 14.1. The molecule has 4 rings (SSSR count). The third kappa shape index (κ3) is 6.47. The molecule has 39 heavy (non-hydrogen) atoms. The Morgan fingerprint density at radius 1 is 1.08 bits per heavy atom. The Morgan fingerprint density at radius 2 is 1.77 bits per heavy atom. The fraction of sp³-hybridized carbons (Fsp3) is 0.267. The highest BCUT2D eigenvalue weighted by Crippen LogP contribution is 2.38. The molecule has 0 aromatic heterocycles. The number of aliphatic hydroxyl groups excluding tert-OH is 1. The third-order valence-corrected chi connectivity index (χ3v) is 6.89. The number of amides is 2. The lowest BCUT2D eigenvalue weighted by atomic mass is 9.85. The lowest BCUT2D eigenvalue weighted by Gasteiger charge is -2.26. The molecule has 2 N–H and O–H groups in total. The number of carbonyl (C=O) groups excluding carboxylic acids is 2. The first-order valence-corrected chi connectivity index (χ1v) is 12.4. The van der Waals surface area contributed by atoms with E-state index < -0.39 is 29.7 Å². The summed E-state index contributed by atoms with van der Waals surface area (Å²) in [6, 6.07) is 17.1. The maximum atomic E-state index is 14.1. The zero-order valence-electron chi connectivity index (χ0n) is 21.3. The second-order valence-electron chi connectivity index (χ2n) is 9.73. The first-order valence-electron chi connectivity index (χ1n) is 12.4. The van der Waals surface area contributed by atoms with E-state index in [0.717, 1.165) is 12.5 Å². The van der Waals surface area contributed by atoms with E-state index in [0.29, 0.717) is 35.2 Å². The van der Waals surface area contributed by atoms with Crippen molar-refractivity contribution in [3.05, 3.63) is 113 Å². The highest BCUT2D eigenvalue weighted by atomic mass is 19.4. The Hall–Kier alpha value is -4.14. The van der Waals surface area contributed by atoms with E-state index in [9.17, 15) is 32.3 Å². The number of fused-ring (bicyclic) bond motifs is 1. The molecule has 204 valence electrons. The number of rotatable bonds is 9. The Morgan fingerprint density at radius 3 is 2.41 bits per heavy atom. The molecule has 0 bridgehead atoms. The van der Waals surface area contributed by atoms with Crippen LogP contribution in [0.3, 0.4) is 0 Å². The summed E-state index contributed by atoms with van der Waals surface area (Å²) in [4.78, 5) is 27.3. The van der Waals surface area contributed by atoms with Crippen LogP contribution in [0.5, 0.6) is 0 Å². The minimum absolute atomic E-state index is 0.0118. The van der Waals surface area contributed by atoms with Crippen molar-refractivity contribution in [1.29, 1.82) is 0 Å². The van der Waals surface area contributed by atoms with Gasteiger partial charge in [0.2, 0.25) is 5.91 Å². The minimum atomic E-state index is -4.62. The average Bonchev–Trinajstić information content (AvgIpc) is 3.20. The molecule has 2 atom stereocenters. The number of alkyl halides is 3. The molecule has 0 spiro atoms. The molecule has 0 saturated carbocycles. The van der Waals surface area contributed by atoms with Gasteiger partial charge < -0.3 is 15.3 Å². The van der Waals surface area contributed by atoms with Gasteiger partial charge in [-0.15, -0.1) is 0 Å². The van der Waals surface area contributed by atoms with Gasteiger partial charge in [-0.25, -0.2) is 4.39 Å². The van der Waals surface area contributed by atoms with Crippen LogP contribution in [-0.2, 0) is 24.3 Å². The fourth-order valence-electron chi connectivity index (χ4n) is 4.70. The van der Waals surface area contributed by atoms with Gasteiger partial charge in [0.05, 0.1) is 24.1 Å². The fourth-order valence-corrected chi connectivity index (χ4v) is 4.70. The lowest BCUT2D eigenvalue weighted by Crippen LogP contribution is -2.34. The summed E-state index contributed by atoms with van der Waals surface area (Å²) >= 11 is 0. The molecule has 3 aromatic rings. The number of nitrogens with zero attached hydrogens (tertiary/aromatic N) is 1. The summed E-state index contributed by atoms with van der Waals surface area (Å²) in [6.07, 6.45) is -3.84. The topological polar surface area (TPSA) is 69.6 Å². The number of carbonyl (C=O) groups is 2. The third-order valence-electron chi connectivity index (χ3n) is 6.89. The molecule has 0 fully saturated rings. The van der Waals surface area contributed by atoms with E-state index >= 15 is 0 Å². The van der Waals surface area contributed by atoms with Gasteiger partial charge in [-0.2, -0.15) is 13.2 Å².